The van der Waals surface area contributed by atoms with Gasteiger partial charge in [0.2, 0.25) is 0 Å². The van der Waals surface area contributed by atoms with Crippen molar-refractivity contribution in [2.45, 2.75) is 6.10 Å². The molecule has 0 spiro atoms. The first-order valence-corrected chi connectivity index (χ1v) is 6.53. The average molecular weight is 314 g/mol. The molecule has 0 aliphatic carbocycles. The Morgan fingerprint density at radius 3 is 2.76 bits per heavy atom. The smallest absolute Gasteiger partial charge is 0.254 e. The number of carbonyl (C=O) groups excluding carboxylic acids is 2. The number of halogens is 1. The van der Waals surface area contributed by atoms with Gasteiger partial charge in [-0.1, -0.05) is 6.07 Å². The summed E-state index contributed by atoms with van der Waals surface area (Å²) < 4.78 is 5.38. The van der Waals surface area contributed by atoms with Crippen LogP contribution in [0.4, 0.5) is 5.69 Å². The number of morpholine rings is 1. The topological polar surface area (TPSA) is 70.7 Å². The third kappa shape index (κ3) is 4.70. The van der Waals surface area contributed by atoms with E-state index in [2.05, 4.69) is 10.6 Å². The molecule has 1 aromatic rings. The lowest BCUT2D eigenvalue weighted by molar-refractivity contribution is -0.128. The minimum absolute atomic E-state index is 0. The second kappa shape index (κ2) is 7.97. The fourth-order valence-corrected chi connectivity index (χ4v) is 1.94. The highest BCUT2D eigenvalue weighted by molar-refractivity contribution is 5.98. The summed E-state index contributed by atoms with van der Waals surface area (Å²) in [6, 6.07) is 6.88. The van der Waals surface area contributed by atoms with Gasteiger partial charge >= 0.3 is 0 Å². The van der Waals surface area contributed by atoms with Gasteiger partial charge < -0.3 is 20.3 Å². The quantitative estimate of drug-likeness (QED) is 0.863. The average Bonchev–Trinajstić information content (AvgIpc) is 2.47. The van der Waals surface area contributed by atoms with E-state index in [-0.39, 0.29) is 24.2 Å². The molecule has 0 radical (unpaired) electrons. The van der Waals surface area contributed by atoms with Gasteiger partial charge in [-0.3, -0.25) is 9.59 Å². The highest BCUT2D eigenvalue weighted by atomic mass is 35.5. The van der Waals surface area contributed by atoms with Crippen molar-refractivity contribution in [3.8, 4) is 0 Å². The third-order valence-corrected chi connectivity index (χ3v) is 3.00. The third-order valence-electron chi connectivity index (χ3n) is 3.00. The Morgan fingerprint density at radius 2 is 2.14 bits per heavy atom. The number of ether oxygens (including phenoxy) is 1. The SMILES string of the molecule is CN(C)C(=O)c1cccc(NC(=O)C2CNCCO2)c1.Cl. The highest BCUT2D eigenvalue weighted by Gasteiger charge is 2.21. The highest BCUT2D eigenvalue weighted by Crippen LogP contribution is 2.13. The van der Waals surface area contributed by atoms with Crippen LogP contribution < -0.4 is 10.6 Å². The van der Waals surface area contributed by atoms with Crippen molar-refractivity contribution in [3.05, 3.63) is 29.8 Å². The Labute approximate surface area is 130 Å². The van der Waals surface area contributed by atoms with Crippen LogP contribution in [0.5, 0.6) is 0 Å². The number of nitrogens with zero attached hydrogens (tertiary/aromatic N) is 1. The molecule has 0 bridgehead atoms. The van der Waals surface area contributed by atoms with Gasteiger partial charge in [-0.25, -0.2) is 0 Å². The van der Waals surface area contributed by atoms with E-state index in [4.69, 9.17) is 4.74 Å². The summed E-state index contributed by atoms with van der Waals surface area (Å²) >= 11 is 0. The molecule has 1 heterocycles. The number of amides is 2. The Morgan fingerprint density at radius 1 is 1.38 bits per heavy atom. The number of carbonyl (C=O) groups is 2. The van der Waals surface area contributed by atoms with E-state index in [9.17, 15) is 9.59 Å². The fraction of sp³-hybridized carbons (Fsp3) is 0.429. The van der Waals surface area contributed by atoms with Crippen LogP contribution in [0.1, 0.15) is 10.4 Å². The molecule has 1 aromatic carbocycles. The van der Waals surface area contributed by atoms with Gasteiger partial charge in [0.25, 0.3) is 11.8 Å². The Bertz CT molecular complexity index is 502. The van der Waals surface area contributed by atoms with Crippen molar-refractivity contribution in [3.63, 3.8) is 0 Å². The Kier molecular flexibility index (Phi) is 6.61. The molecular formula is C14H20ClN3O3. The monoisotopic (exact) mass is 313 g/mol. The zero-order valence-corrected chi connectivity index (χ0v) is 12.9. The van der Waals surface area contributed by atoms with Crippen molar-refractivity contribution in [2.75, 3.05) is 39.1 Å². The van der Waals surface area contributed by atoms with Crippen molar-refractivity contribution >= 4 is 29.9 Å². The molecule has 1 unspecified atom stereocenters. The predicted molar refractivity (Wildman–Crippen MR) is 82.9 cm³/mol. The van der Waals surface area contributed by atoms with Gasteiger partial charge in [0, 0.05) is 38.4 Å². The molecule has 0 aromatic heterocycles. The number of hydrogen-bond acceptors (Lipinski definition) is 4. The molecule has 6 nitrogen and oxygen atoms in total. The molecule has 2 amide bonds. The first kappa shape index (κ1) is 17.4. The standard InChI is InChI=1S/C14H19N3O3.ClH/c1-17(2)14(19)10-4-3-5-11(8-10)16-13(18)12-9-15-6-7-20-12;/h3-5,8,12,15H,6-7,9H2,1-2H3,(H,16,18);1H. The molecule has 7 heteroatoms. The maximum atomic E-state index is 12.0. The van der Waals surface area contributed by atoms with Crippen LogP contribution in [-0.4, -0.2) is 56.6 Å². The maximum absolute atomic E-state index is 12.0. The van der Waals surface area contributed by atoms with Crippen LogP contribution in [0, 0.1) is 0 Å². The zero-order chi connectivity index (χ0) is 14.5. The van der Waals surface area contributed by atoms with E-state index in [1.807, 2.05) is 0 Å². The number of benzene rings is 1. The van der Waals surface area contributed by atoms with Crippen LogP contribution >= 0.6 is 12.4 Å². The van der Waals surface area contributed by atoms with E-state index in [0.717, 1.165) is 6.54 Å². The molecule has 1 aliphatic heterocycles. The molecule has 21 heavy (non-hydrogen) atoms. The fourth-order valence-electron chi connectivity index (χ4n) is 1.94. The van der Waals surface area contributed by atoms with Gasteiger partial charge in [0.15, 0.2) is 0 Å². The van der Waals surface area contributed by atoms with Crippen molar-refractivity contribution in [2.24, 2.45) is 0 Å². The van der Waals surface area contributed by atoms with Crippen LogP contribution in [0.25, 0.3) is 0 Å². The van der Waals surface area contributed by atoms with E-state index < -0.39 is 6.10 Å². The second-order valence-electron chi connectivity index (χ2n) is 4.83. The normalized spacial score (nSPS) is 17.5. The molecule has 1 fully saturated rings. The van der Waals surface area contributed by atoms with Gasteiger partial charge in [0.05, 0.1) is 6.61 Å². The first-order chi connectivity index (χ1) is 9.58. The summed E-state index contributed by atoms with van der Waals surface area (Å²) in [6.45, 7) is 1.79. The molecule has 1 aliphatic rings. The summed E-state index contributed by atoms with van der Waals surface area (Å²) in [5.41, 5.74) is 1.13. The zero-order valence-electron chi connectivity index (χ0n) is 12.1. The summed E-state index contributed by atoms with van der Waals surface area (Å²) in [7, 11) is 3.38. The lowest BCUT2D eigenvalue weighted by atomic mass is 10.1. The first-order valence-electron chi connectivity index (χ1n) is 6.53. The van der Waals surface area contributed by atoms with E-state index in [1.165, 1.54) is 4.90 Å². The number of nitrogens with one attached hydrogen (secondary N) is 2. The minimum atomic E-state index is -0.489. The van der Waals surface area contributed by atoms with Gasteiger partial charge in [-0.15, -0.1) is 12.4 Å². The van der Waals surface area contributed by atoms with Crippen molar-refractivity contribution in [1.29, 1.82) is 0 Å². The van der Waals surface area contributed by atoms with Crippen molar-refractivity contribution in [1.82, 2.24) is 10.2 Å². The van der Waals surface area contributed by atoms with E-state index in [0.29, 0.717) is 24.4 Å². The molecule has 2 N–H and O–H groups in total. The van der Waals surface area contributed by atoms with Crippen LogP contribution in [0.15, 0.2) is 24.3 Å². The Hall–Kier alpha value is -1.63. The summed E-state index contributed by atoms with van der Waals surface area (Å²) in [5, 5.41) is 5.87. The molecule has 0 saturated carbocycles. The maximum Gasteiger partial charge on any atom is 0.254 e. The summed E-state index contributed by atoms with van der Waals surface area (Å²) in [5.74, 6) is -0.302. The number of hydrogen-bond donors (Lipinski definition) is 2. The lowest BCUT2D eigenvalue weighted by Crippen LogP contribution is -2.45. The van der Waals surface area contributed by atoms with Crippen molar-refractivity contribution < 1.29 is 14.3 Å². The lowest BCUT2D eigenvalue weighted by Gasteiger charge is -2.22. The molecule has 1 atom stereocenters. The molecule has 1 saturated heterocycles. The predicted octanol–water partition coefficient (Wildman–Crippen LogP) is 0.737. The van der Waals surface area contributed by atoms with Crippen LogP contribution in [0.3, 0.4) is 0 Å². The second-order valence-corrected chi connectivity index (χ2v) is 4.83. The summed E-state index contributed by atoms with van der Waals surface area (Å²) in [6.07, 6.45) is -0.489. The van der Waals surface area contributed by atoms with E-state index in [1.54, 1.807) is 38.4 Å². The van der Waals surface area contributed by atoms with Gasteiger partial charge in [0.1, 0.15) is 6.10 Å². The van der Waals surface area contributed by atoms with Crippen LogP contribution in [0.2, 0.25) is 0 Å². The summed E-state index contributed by atoms with van der Waals surface area (Å²) in [4.78, 5) is 25.4. The molecule has 116 valence electrons. The van der Waals surface area contributed by atoms with Gasteiger partial charge in [-0.2, -0.15) is 0 Å². The largest absolute Gasteiger partial charge is 0.366 e. The van der Waals surface area contributed by atoms with Gasteiger partial charge in [-0.05, 0) is 18.2 Å². The Balaban J connectivity index is 0.00000220. The minimum Gasteiger partial charge on any atom is -0.366 e. The number of rotatable bonds is 3. The molecule has 2 rings (SSSR count). The van der Waals surface area contributed by atoms with Crippen LogP contribution in [-0.2, 0) is 9.53 Å². The molecular weight excluding hydrogens is 294 g/mol. The number of anilines is 1. The van der Waals surface area contributed by atoms with E-state index >= 15 is 0 Å².